The number of carbonyl (C=O) groups excluding carboxylic acids is 4. The summed E-state index contributed by atoms with van der Waals surface area (Å²) in [5.74, 6) is -5.64. The molecule has 19 heteroatoms. The summed E-state index contributed by atoms with van der Waals surface area (Å²) < 4.78 is 72.3. The summed E-state index contributed by atoms with van der Waals surface area (Å²) in [5, 5.41) is 25.9. The number of aromatic nitrogens is 1. The minimum absolute atomic E-state index is 0.167. The van der Waals surface area contributed by atoms with Gasteiger partial charge in [0.25, 0.3) is 5.91 Å². The van der Waals surface area contributed by atoms with Gasteiger partial charge in [0.05, 0.1) is 11.1 Å². The second-order valence-corrected chi connectivity index (χ2v) is 15.8. The van der Waals surface area contributed by atoms with Crippen molar-refractivity contribution in [2.24, 2.45) is 11.3 Å². The number of amides is 3. The number of carbonyl (C=O) groups is 4. The van der Waals surface area contributed by atoms with Crippen molar-refractivity contribution < 1.29 is 56.1 Å². The average Bonchev–Trinajstić information content (AvgIpc) is 4.02. The number of hydrogen-bond donors (Lipinski definition) is 4. The number of fused-ring (bicyclic) bond motifs is 1. The Bertz CT molecular complexity index is 2560. The quantitative estimate of drug-likeness (QED) is 0.0502. The zero-order chi connectivity index (χ0) is 42.2. The van der Waals surface area contributed by atoms with Crippen LogP contribution in [0, 0.1) is 18.3 Å². The van der Waals surface area contributed by atoms with Gasteiger partial charge in [-0.3, -0.25) is 33.0 Å². The number of rotatable bonds is 13. The molecular weight excluding hydrogens is 863 g/mol. The number of anilines is 2. The number of piperidine rings is 1. The van der Waals surface area contributed by atoms with Gasteiger partial charge in [-0.25, -0.2) is 4.79 Å². The van der Waals surface area contributed by atoms with Crippen LogP contribution in [0.15, 0.2) is 108 Å². The Morgan fingerprint density at radius 3 is 2.29 bits per heavy atom. The molecule has 0 bridgehead atoms. The summed E-state index contributed by atoms with van der Waals surface area (Å²) in [4.78, 5) is 57.2. The second kappa shape index (κ2) is 14.3. The lowest BCUT2D eigenvalue weighted by Crippen LogP contribution is -2.73. The number of halogens is 4. The van der Waals surface area contributed by atoms with E-state index in [1.807, 2.05) is 0 Å². The molecule has 2 saturated carbocycles. The third-order valence-electron chi connectivity index (χ3n) is 11.1. The first-order chi connectivity index (χ1) is 28.1. The first-order valence-electron chi connectivity index (χ1n) is 17.7. The third-order valence-corrected chi connectivity index (χ3v) is 12.1. The lowest BCUT2D eigenvalue weighted by atomic mass is 9.80. The van der Waals surface area contributed by atoms with Gasteiger partial charge >= 0.3 is 12.1 Å². The van der Waals surface area contributed by atoms with Crippen molar-refractivity contribution in [3.05, 3.63) is 135 Å². The van der Waals surface area contributed by atoms with E-state index < -0.39 is 87.4 Å². The summed E-state index contributed by atoms with van der Waals surface area (Å²) in [6.07, 6.45) is -6.49. The van der Waals surface area contributed by atoms with E-state index in [4.69, 9.17) is 4.74 Å². The predicted octanol–water partition coefficient (Wildman–Crippen LogP) is 5.63. The zero-order valence-corrected chi connectivity index (χ0v) is 32.7. The molecule has 2 unspecified atom stereocenters. The summed E-state index contributed by atoms with van der Waals surface area (Å²) in [7, 11) is 0. The molecule has 1 aromatic heterocycles. The van der Waals surface area contributed by atoms with Gasteiger partial charge in [-0.15, -0.1) is 0 Å². The van der Waals surface area contributed by atoms with Gasteiger partial charge in [0.1, 0.15) is 11.1 Å². The van der Waals surface area contributed by atoms with E-state index in [1.54, 1.807) is 49.4 Å². The van der Waals surface area contributed by atoms with Crippen molar-refractivity contribution in [3.8, 4) is 17.5 Å². The smallest absolute Gasteiger partial charge is 0.416 e. The lowest BCUT2D eigenvalue weighted by Gasteiger charge is -2.54. The molecule has 304 valence electrons. The van der Waals surface area contributed by atoms with Crippen LogP contribution >= 0.6 is 15.9 Å². The number of esters is 1. The Morgan fingerprint density at radius 2 is 1.69 bits per heavy atom. The molecule has 3 amide bonds. The van der Waals surface area contributed by atoms with Gasteiger partial charge in [0.15, 0.2) is 17.8 Å². The van der Waals surface area contributed by atoms with Crippen LogP contribution in [0.5, 0.6) is 17.5 Å². The highest BCUT2D eigenvalue weighted by molar-refractivity contribution is 9.10. The van der Waals surface area contributed by atoms with Crippen LogP contribution in [-0.2, 0) is 44.0 Å². The van der Waals surface area contributed by atoms with Crippen LogP contribution in [0.25, 0.3) is 0 Å². The molecule has 0 radical (unpaired) electrons. The molecular formula is C40H30BrF3N5O9S-. The number of nitrogens with zero attached hydrogens (tertiary/aromatic N) is 3. The number of aryl methyl sites for hydroxylation is 1. The third kappa shape index (κ3) is 6.13. The fraction of sp³-hybridized carbons (Fsp3) is 0.200. The van der Waals surface area contributed by atoms with E-state index >= 15 is 0 Å². The molecule has 5 aromatic rings. The van der Waals surface area contributed by atoms with Crippen LogP contribution in [0.1, 0.15) is 38.5 Å². The number of benzene rings is 4. The lowest BCUT2D eigenvalue weighted by molar-refractivity contribution is -0.178. The van der Waals surface area contributed by atoms with Crippen LogP contribution in [0.3, 0.4) is 0 Å². The van der Waals surface area contributed by atoms with Crippen LogP contribution in [0.4, 0.5) is 24.5 Å². The number of likely N-dealkylation sites (tertiary alicyclic amines) is 1. The molecule has 2 heterocycles. The predicted molar refractivity (Wildman–Crippen MR) is 206 cm³/mol. The summed E-state index contributed by atoms with van der Waals surface area (Å²) in [5.41, 5.74) is -2.24. The van der Waals surface area contributed by atoms with Crippen molar-refractivity contribution in [2.45, 2.75) is 37.4 Å². The summed E-state index contributed by atoms with van der Waals surface area (Å²) in [6, 6.07) is 23.7. The number of nitrogens with one attached hydrogen (secondary N) is 2. The van der Waals surface area contributed by atoms with Gasteiger partial charge in [0.2, 0.25) is 18.2 Å². The highest BCUT2D eigenvalue weighted by atomic mass is 79.9. The minimum Gasteiger partial charge on any atom is -0.755 e. The fourth-order valence-electron chi connectivity index (χ4n) is 8.53. The Labute approximate surface area is 343 Å². The van der Waals surface area contributed by atoms with Gasteiger partial charge in [-0.05, 0) is 78.2 Å². The first-order valence-corrected chi connectivity index (χ1v) is 19.6. The molecule has 3 aliphatic rings. The molecule has 1 spiro atoms. The molecule has 6 atom stereocenters. The van der Waals surface area contributed by atoms with E-state index in [2.05, 4.69) is 26.0 Å². The normalized spacial score (nSPS) is 22.2. The number of ether oxygens (including phenoxy) is 1. The molecule has 4 N–H and O–H groups in total. The minimum atomic E-state index is -4.74. The van der Waals surface area contributed by atoms with Gasteiger partial charge < -0.3 is 29.5 Å². The van der Waals surface area contributed by atoms with E-state index in [0.29, 0.717) is 28.8 Å². The molecule has 14 nitrogen and oxygen atoms in total. The summed E-state index contributed by atoms with van der Waals surface area (Å²) >= 11 is 0.794. The largest absolute Gasteiger partial charge is 0.755 e. The van der Waals surface area contributed by atoms with Crippen LogP contribution in [0.2, 0.25) is 0 Å². The molecule has 59 heavy (non-hydrogen) atoms. The fourth-order valence-corrected chi connectivity index (χ4v) is 9.12. The van der Waals surface area contributed by atoms with Gasteiger partial charge in [-0.1, -0.05) is 58.4 Å². The summed E-state index contributed by atoms with van der Waals surface area (Å²) in [6.45, 7) is 1.45. The van der Waals surface area contributed by atoms with E-state index in [1.165, 1.54) is 30.3 Å². The molecule has 1 saturated heterocycles. The van der Waals surface area contributed by atoms with E-state index in [9.17, 15) is 51.3 Å². The number of β-lactam (4-membered cyclic amide) rings is 1. The standard InChI is InChI=1S/C40H31BrF3N5O9S/c1-21-4-2-3-5-28(21)36(54)58-29-18-30(51)48(35(29)53)39-32-31(23-8-12-25(41)13-9-23)38(32,39)37(55)49(39)34(47(20-50)27-16-10-24(11-17-27)40(42,43)44)33(52)45-19-22-6-14-26(15-7-22)46-59(56)57/h2-18,20,31-32,34,46,51,53H,19H2,1H3,(H,45,52)(H,56,57)/p-1/t31?,32-,34+,38-,39+/m1/s1. The van der Waals surface area contributed by atoms with Crippen molar-refractivity contribution in [1.82, 2.24) is 14.8 Å². The molecule has 8 rings (SSSR count). The topological polar surface area (TPSA) is 194 Å². The van der Waals surface area contributed by atoms with Crippen LogP contribution in [-0.4, -0.2) is 58.8 Å². The maximum atomic E-state index is 14.7. The number of aromatic hydroxyl groups is 2. The SMILES string of the molecule is Cc1ccccc1C(=O)Oc1cc(O)n([C@]23[C@@H]4C(c5ccc(Br)cc5)[C@]42C(=O)N3[C@@H](C(=O)NCc2ccc(NS(=O)[O-])cc2)N(C=O)c2ccc(C(F)(F)F)cc2)c1O. The Kier molecular flexibility index (Phi) is 9.59. The Hall–Kier alpha value is -6.18. The second-order valence-electron chi connectivity index (χ2n) is 14.2. The van der Waals surface area contributed by atoms with Crippen LogP contribution < -0.4 is 19.7 Å². The van der Waals surface area contributed by atoms with Crippen molar-refractivity contribution in [3.63, 3.8) is 0 Å². The zero-order valence-electron chi connectivity index (χ0n) is 30.3. The molecule has 1 aliphatic heterocycles. The maximum Gasteiger partial charge on any atom is 0.416 e. The van der Waals surface area contributed by atoms with Crippen molar-refractivity contribution >= 4 is 62.8 Å². The number of alkyl halides is 3. The Balaban J connectivity index is 1.21. The highest BCUT2D eigenvalue weighted by Gasteiger charge is 3.10. The first kappa shape index (κ1) is 39.6. The molecule has 2 aliphatic carbocycles. The monoisotopic (exact) mass is 892 g/mol. The Morgan fingerprint density at radius 1 is 1.03 bits per heavy atom. The highest BCUT2D eigenvalue weighted by Crippen LogP contribution is 3.00. The molecule has 3 fully saturated rings. The van der Waals surface area contributed by atoms with Gasteiger partial charge in [-0.2, -0.15) is 13.2 Å². The van der Waals surface area contributed by atoms with Crippen molar-refractivity contribution in [2.75, 3.05) is 9.62 Å². The molecule has 4 aromatic carbocycles. The van der Waals surface area contributed by atoms with Gasteiger partial charge in [0, 0.05) is 51.6 Å². The number of hydrogen-bond acceptors (Lipinski definition) is 9. The van der Waals surface area contributed by atoms with E-state index in [-0.39, 0.29) is 29.9 Å². The van der Waals surface area contributed by atoms with E-state index in [0.717, 1.165) is 37.0 Å². The van der Waals surface area contributed by atoms with Crippen molar-refractivity contribution in [1.29, 1.82) is 0 Å². The maximum absolute atomic E-state index is 14.7. The average molecular weight is 894 g/mol.